The molecule has 0 spiro atoms. The first-order chi connectivity index (χ1) is 9.58. The Balaban J connectivity index is 1.74. The van der Waals surface area contributed by atoms with Gasteiger partial charge in [0.1, 0.15) is 0 Å². The Bertz CT molecular complexity index is 564. The summed E-state index contributed by atoms with van der Waals surface area (Å²) in [5.74, 6) is -1.02. The van der Waals surface area contributed by atoms with Crippen LogP contribution in [0.4, 0.5) is 0 Å². The van der Waals surface area contributed by atoms with E-state index in [2.05, 4.69) is 10.6 Å². The van der Waals surface area contributed by atoms with Gasteiger partial charge in [0.05, 0.1) is 12.0 Å². The van der Waals surface area contributed by atoms with E-state index in [4.69, 9.17) is 5.11 Å². The average molecular weight is 274 g/mol. The number of rotatable bonds is 4. The van der Waals surface area contributed by atoms with Crippen molar-refractivity contribution in [3.8, 4) is 0 Å². The number of nitrogens with one attached hydrogen (secondary N) is 2. The van der Waals surface area contributed by atoms with Crippen molar-refractivity contribution in [3.63, 3.8) is 0 Å². The molecule has 106 valence electrons. The largest absolute Gasteiger partial charge is 0.481 e. The summed E-state index contributed by atoms with van der Waals surface area (Å²) in [4.78, 5) is 23.2. The SMILES string of the molecule is O=C(O)CC1(NC(=O)c2ccc3c(c2)CNC3)CCC1. The normalized spacial score (nSPS) is 19.0. The topological polar surface area (TPSA) is 78.4 Å². The van der Waals surface area contributed by atoms with Crippen LogP contribution in [0.2, 0.25) is 0 Å². The predicted octanol–water partition coefficient (Wildman–Crippen LogP) is 1.42. The molecule has 1 aromatic carbocycles. The highest BCUT2D eigenvalue weighted by Gasteiger charge is 2.40. The minimum atomic E-state index is -0.858. The fraction of sp³-hybridized carbons (Fsp3) is 0.467. The maximum absolute atomic E-state index is 12.3. The van der Waals surface area contributed by atoms with E-state index in [1.165, 1.54) is 5.56 Å². The molecule has 1 fully saturated rings. The van der Waals surface area contributed by atoms with E-state index in [-0.39, 0.29) is 12.3 Å². The smallest absolute Gasteiger partial charge is 0.305 e. The number of carbonyl (C=O) groups excluding carboxylic acids is 1. The van der Waals surface area contributed by atoms with E-state index in [1.54, 1.807) is 0 Å². The van der Waals surface area contributed by atoms with Crippen molar-refractivity contribution in [2.75, 3.05) is 0 Å². The van der Waals surface area contributed by atoms with Crippen molar-refractivity contribution in [1.82, 2.24) is 10.6 Å². The van der Waals surface area contributed by atoms with Crippen molar-refractivity contribution in [2.24, 2.45) is 0 Å². The van der Waals surface area contributed by atoms with Crippen LogP contribution in [-0.2, 0) is 17.9 Å². The Hall–Kier alpha value is -1.88. The van der Waals surface area contributed by atoms with Crippen LogP contribution in [-0.4, -0.2) is 22.5 Å². The van der Waals surface area contributed by atoms with E-state index in [1.807, 2.05) is 18.2 Å². The summed E-state index contributed by atoms with van der Waals surface area (Å²) in [6.07, 6.45) is 2.47. The van der Waals surface area contributed by atoms with Crippen LogP contribution in [0.25, 0.3) is 0 Å². The number of hydrogen-bond donors (Lipinski definition) is 3. The monoisotopic (exact) mass is 274 g/mol. The van der Waals surface area contributed by atoms with Crippen molar-refractivity contribution in [3.05, 3.63) is 34.9 Å². The lowest BCUT2D eigenvalue weighted by atomic mass is 9.74. The molecular formula is C15H18N2O3. The van der Waals surface area contributed by atoms with E-state index in [9.17, 15) is 9.59 Å². The van der Waals surface area contributed by atoms with Gasteiger partial charge in [-0.25, -0.2) is 0 Å². The first-order valence-corrected chi connectivity index (χ1v) is 6.95. The molecule has 5 nitrogen and oxygen atoms in total. The first kappa shape index (κ1) is 13.1. The van der Waals surface area contributed by atoms with Crippen molar-refractivity contribution in [2.45, 2.75) is 44.3 Å². The van der Waals surface area contributed by atoms with E-state index in [0.717, 1.165) is 37.9 Å². The third-order valence-electron chi connectivity index (χ3n) is 4.28. The van der Waals surface area contributed by atoms with Crippen LogP contribution in [0.3, 0.4) is 0 Å². The Morgan fingerprint density at radius 3 is 2.65 bits per heavy atom. The highest BCUT2D eigenvalue weighted by molar-refractivity contribution is 5.95. The van der Waals surface area contributed by atoms with E-state index in [0.29, 0.717) is 5.56 Å². The van der Waals surface area contributed by atoms with Crippen LogP contribution in [0, 0.1) is 0 Å². The summed E-state index contributed by atoms with van der Waals surface area (Å²) < 4.78 is 0. The molecule has 2 aliphatic rings. The third-order valence-corrected chi connectivity index (χ3v) is 4.28. The van der Waals surface area contributed by atoms with Crippen LogP contribution in [0.5, 0.6) is 0 Å². The number of amides is 1. The summed E-state index contributed by atoms with van der Waals surface area (Å²) >= 11 is 0. The Morgan fingerprint density at radius 2 is 2.00 bits per heavy atom. The van der Waals surface area contributed by atoms with Crippen molar-refractivity contribution in [1.29, 1.82) is 0 Å². The summed E-state index contributed by atoms with van der Waals surface area (Å²) in [6.45, 7) is 1.64. The molecular weight excluding hydrogens is 256 g/mol. The lowest BCUT2D eigenvalue weighted by molar-refractivity contribution is -0.139. The van der Waals surface area contributed by atoms with Gasteiger partial charge in [0.15, 0.2) is 0 Å². The molecule has 0 radical (unpaired) electrons. The number of fused-ring (bicyclic) bond motifs is 1. The molecule has 5 heteroatoms. The fourth-order valence-corrected chi connectivity index (χ4v) is 2.99. The summed E-state index contributed by atoms with van der Waals surface area (Å²) in [6, 6.07) is 5.68. The maximum atomic E-state index is 12.3. The quantitative estimate of drug-likeness (QED) is 0.776. The highest BCUT2D eigenvalue weighted by atomic mass is 16.4. The molecule has 1 saturated carbocycles. The second-order valence-corrected chi connectivity index (χ2v) is 5.75. The molecule has 0 saturated heterocycles. The van der Waals surface area contributed by atoms with Crippen LogP contribution in [0.1, 0.15) is 47.2 Å². The molecule has 1 heterocycles. The minimum Gasteiger partial charge on any atom is -0.481 e. The molecule has 20 heavy (non-hydrogen) atoms. The zero-order valence-corrected chi connectivity index (χ0v) is 11.2. The van der Waals surface area contributed by atoms with Gasteiger partial charge in [0, 0.05) is 18.7 Å². The maximum Gasteiger partial charge on any atom is 0.305 e. The van der Waals surface area contributed by atoms with Crippen molar-refractivity contribution < 1.29 is 14.7 Å². The van der Waals surface area contributed by atoms with Crippen LogP contribution in [0.15, 0.2) is 18.2 Å². The lowest BCUT2D eigenvalue weighted by Gasteiger charge is -2.41. The van der Waals surface area contributed by atoms with Gasteiger partial charge in [-0.2, -0.15) is 0 Å². The van der Waals surface area contributed by atoms with Gasteiger partial charge in [-0.3, -0.25) is 9.59 Å². The van der Waals surface area contributed by atoms with Gasteiger partial charge < -0.3 is 15.7 Å². The number of carboxylic acid groups (broad SMARTS) is 1. The van der Waals surface area contributed by atoms with Gasteiger partial charge in [-0.05, 0) is 42.5 Å². The van der Waals surface area contributed by atoms with Crippen molar-refractivity contribution >= 4 is 11.9 Å². The third kappa shape index (κ3) is 2.41. The summed E-state index contributed by atoms with van der Waals surface area (Å²) in [7, 11) is 0. The minimum absolute atomic E-state index is 0.00519. The predicted molar refractivity (Wildman–Crippen MR) is 73.3 cm³/mol. The second kappa shape index (κ2) is 4.90. The summed E-state index contributed by atoms with van der Waals surface area (Å²) in [5.41, 5.74) is 2.45. The molecule has 1 aliphatic heterocycles. The van der Waals surface area contributed by atoms with Gasteiger partial charge in [-0.15, -0.1) is 0 Å². The van der Waals surface area contributed by atoms with Crippen LogP contribution < -0.4 is 10.6 Å². The molecule has 0 bridgehead atoms. The van der Waals surface area contributed by atoms with E-state index >= 15 is 0 Å². The van der Waals surface area contributed by atoms with Gasteiger partial charge in [0.25, 0.3) is 5.91 Å². The number of hydrogen-bond acceptors (Lipinski definition) is 3. The number of aliphatic carboxylic acids is 1. The van der Waals surface area contributed by atoms with Gasteiger partial charge >= 0.3 is 5.97 Å². The molecule has 3 N–H and O–H groups in total. The molecule has 1 amide bonds. The zero-order chi connectivity index (χ0) is 14.2. The highest BCUT2D eigenvalue weighted by Crippen LogP contribution is 2.35. The standard InChI is InChI=1S/C15H18N2O3/c18-13(19)7-15(4-1-5-15)17-14(20)10-2-3-11-8-16-9-12(11)6-10/h2-3,6,16H,1,4-5,7-9H2,(H,17,20)(H,18,19). The van der Waals surface area contributed by atoms with Gasteiger partial charge in [0.2, 0.25) is 0 Å². The summed E-state index contributed by atoms with van der Waals surface area (Å²) in [5, 5.41) is 15.1. The molecule has 3 rings (SSSR count). The molecule has 0 unspecified atom stereocenters. The average Bonchev–Trinajstić information content (AvgIpc) is 2.82. The van der Waals surface area contributed by atoms with Crippen LogP contribution >= 0.6 is 0 Å². The zero-order valence-electron chi connectivity index (χ0n) is 11.2. The Morgan fingerprint density at radius 1 is 1.25 bits per heavy atom. The fourth-order valence-electron chi connectivity index (χ4n) is 2.99. The number of carboxylic acids is 1. The van der Waals surface area contributed by atoms with E-state index < -0.39 is 11.5 Å². The Kier molecular flexibility index (Phi) is 3.22. The lowest BCUT2D eigenvalue weighted by Crippen LogP contribution is -2.54. The molecule has 0 aromatic heterocycles. The number of benzene rings is 1. The number of carbonyl (C=O) groups is 2. The van der Waals surface area contributed by atoms with Gasteiger partial charge in [-0.1, -0.05) is 6.07 Å². The molecule has 1 aromatic rings. The Labute approximate surface area is 117 Å². The molecule has 1 aliphatic carbocycles. The second-order valence-electron chi connectivity index (χ2n) is 5.75. The first-order valence-electron chi connectivity index (χ1n) is 6.95. The molecule has 0 atom stereocenters.